The van der Waals surface area contributed by atoms with Crippen molar-refractivity contribution in [3.8, 4) is 0 Å². The van der Waals surface area contributed by atoms with Crippen molar-refractivity contribution in [2.24, 2.45) is 0 Å². The van der Waals surface area contributed by atoms with Gasteiger partial charge in [-0.1, -0.05) is 12.2 Å². The molecule has 0 bridgehead atoms. The van der Waals surface area contributed by atoms with Gasteiger partial charge in [-0.15, -0.1) is 0 Å². The Morgan fingerprint density at radius 2 is 2.00 bits per heavy atom. The molecule has 2 aliphatic rings. The van der Waals surface area contributed by atoms with Crippen LogP contribution in [-0.4, -0.2) is 40.6 Å². The SMILES string of the molecule is C=C1CC[C@H](NC(=O)OC(C)(C)C)C(=O)N2[C@H](CC[C@H]2C)C1. The second-order valence-corrected chi connectivity index (χ2v) is 7.52. The first-order valence-corrected chi connectivity index (χ1v) is 8.15. The second-order valence-electron chi connectivity index (χ2n) is 7.52. The third-order valence-corrected chi connectivity index (χ3v) is 4.34. The number of hydrogen-bond acceptors (Lipinski definition) is 3. The van der Waals surface area contributed by atoms with Gasteiger partial charge in [0, 0.05) is 12.1 Å². The van der Waals surface area contributed by atoms with Crippen molar-refractivity contribution < 1.29 is 14.3 Å². The summed E-state index contributed by atoms with van der Waals surface area (Å²) in [6, 6.07) is -0.0560. The average Bonchev–Trinajstić information content (AvgIpc) is 2.71. The molecule has 5 nitrogen and oxygen atoms in total. The molecule has 0 aliphatic carbocycles. The Morgan fingerprint density at radius 1 is 1.32 bits per heavy atom. The van der Waals surface area contributed by atoms with E-state index < -0.39 is 17.7 Å². The fraction of sp³-hybridized carbons (Fsp3) is 0.765. The summed E-state index contributed by atoms with van der Waals surface area (Å²) in [5, 5.41) is 2.75. The fourth-order valence-corrected chi connectivity index (χ4v) is 3.34. The Morgan fingerprint density at radius 3 is 2.64 bits per heavy atom. The summed E-state index contributed by atoms with van der Waals surface area (Å²) >= 11 is 0. The number of fused-ring (bicyclic) bond motifs is 1. The first kappa shape index (κ1) is 16.8. The highest BCUT2D eigenvalue weighted by atomic mass is 16.6. The van der Waals surface area contributed by atoms with Crippen LogP contribution in [0.1, 0.15) is 59.8 Å². The van der Waals surface area contributed by atoms with Gasteiger partial charge in [-0.05, 0) is 59.8 Å². The minimum absolute atomic E-state index is 0.0216. The normalized spacial score (nSPS) is 29.6. The number of hydrogen-bond donors (Lipinski definition) is 1. The third-order valence-electron chi connectivity index (χ3n) is 4.34. The smallest absolute Gasteiger partial charge is 0.408 e. The van der Waals surface area contributed by atoms with E-state index in [0.717, 1.165) is 31.3 Å². The number of nitrogens with one attached hydrogen (secondary N) is 1. The lowest BCUT2D eigenvalue weighted by Gasteiger charge is -2.35. The van der Waals surface area contributed by atoms with Gasteiger partial charge in [0.25, 0.3) is 0 Å². The lowest BCUT2D eigenvalue weighted by atomic mass is 9.95. The number of carbonyl (C=O) groups excluding carboxylic acids is 2. The molecule has 2 fully saturated rings. The lowest BCUT2D eigenvalue weighted by Crippen LogP contribution is -2.53. The zero-order valence-electron chi connectivity index (χ0n) is 14.1. The van der Waals surface area contributed by atoms with Crippen LogP contribution in [0.5, 0.6) is 0 Å². The molecule has 2 saturated heterocycles. The van der Waals surface area contributed by atoms with Crippen molar-refractivity contribution in [3.63, 3.8) is 0 Å². The predicted molar refractivity (Wildman–Crippen MR) is 85.5 cm³/mol. The first-order valence-electron chi connectivity index (χ1n) is 8.15. The number of alkyl carbamates (subject to hydrolysis) is 1. The van der Waals surface area contributed by atoms with Crippen LogP contribution in [0.4, 0.5) is 4.79 Å². The summed E-state index contributed by atoms with van der Waals surface area (Å²) in [6.07, 6.45) is 3.75. The third kappa shape index (κ3) is 4.02. The summed E-state index contributed by atoms with van der Waals surface area (Å²) in [5.74, 6) is 0.0216. The molecule has 0 aromatic carbocycles. The summed E-state index contributed by atoms with van der Waals surface area (Å²) in [4.78, 5) is 26.8. The van der Waals surface area contributed by atoms with Gasteiger partial charge < -0.3 is 15.0 Å². The molecule has 0 saturated carbocycles. The summed E-state index contributed by atoms with van der Waals surface area (Å²) in [7, 11) is 0. The van der Waals surface area contributed by atoms with Crippen LogP contribution in [0, 0.1) is 0 Å². The van der Waals surface area contributed by atoms with E-state index in [1.165, 1.54) is 0 Å². The maximum absolute atomic E-state index is 12.8. The van der Waals surface area contributed by atoms with Crippen LogP contribution < -0.4 is 5.32 Å². The Labute approximate surface area is 133 Å². The molecule has 2 heterocycles. The number of nitrogens with zero attached hydrogens (tertiary/aromatic N) is 1. The standard InChI is InChI=1S/C17H28N2O3/c1-11-6-9-14(18-16(21)22-17(3,4)5)15(20)19-12(2)7-8-13(19)10-11/h12-14H,1,6-10H2,2-5H3,(H,18,21)/t12-,13-,14+/m1/s1. The predicted octanol–water partition coefficient (Wildman–Crippen LogP) is 3.00. The Bertz CT molecular complexity index is 467. The van der Waals surface area contributed by atoms with Gasteiger partial charge in [0.1, 0.15) is 11.6 Å². The average molecular weight is 308 g/mol. The minimum atomic E-state index is -0.568. The fourth-order valence-electron chi connectivity index (χ4n) is 3.34. The maximum Gasteiger partial charge on any atom is 0.408 e. The Kier molecular flexibility index (Phi) is 4.83. The van der Waals surface area contributed by atoms with Crippen LogP contribution in [0.3, 0.4) is 0 Å². The molecule has 22 heavy (non-hydrogen) atoms. The molecule has 124 valence electrons. The molecular formula is C17H28N2O3. The van der Waals surface area contributed by atoms with Gasteiger partial charge in [-0.2, -0.15) is 0 Å². The highest BCUT2D eigenvalue weighted by Crippen LogP contribution is 2.32. The monoisotopic (exact) mass is 308 g/mol. The summed E-state index contributed by atoms with van der Waals surface area (Å²) in [5.41, 5.74) is 0.592. The topological polar surface area (TPSA) is 58.6 Å². The van der Waals surface area contributed by atoms with E-state index in [1.807, 2.05) is 25.7 Å². The minimum Gasteiger partial charge on any atom is -0.444 e. The van der Waals surface area contributed by atoms with Crippen LogP contribution >= 0.6 is 0 Å². The zero-order chi connectivity index (χ0) is 16.5. The van der Waals surface area contributed by atoms with E-state index in [9.17, 15) is 9.59 Å². The van der Waals surface area contributed by atoms with E-state index in [-0.39, 0.29) is 18.0 Å². The van der Waals surface area contributed by atoms with E-state index >= 15 is 0 Å². The van der Waals surface area contributed by atoms with Crippen molar-refractivity contribution in [3.05, 3.63) is 12.2 Å². The molecule has 1 N–H and O–H groups in total. The quantitative estimate of drug-likeness (QED) is 0.758. The molecule has 2 rings (SSSR count). The van der Waals surface area contributed by atoms with Crippen molar-refractivity contribution in [1.82, 2.24) is 10.2 Å². The number of carbonyl (C=O) groups is 2. The van der Waals surface area contributed by atoms with Gasteiger partial charge in [0.15, 0.2) is 0 Å². The molecule has 0 unspecified atom stereocenters. The van der Waals surface area contributed by atoms with Gasteiger partial charge in [-0.3, -0.25) is 4.79 Å². The molecule has 2 aliphatic heterocycles. The highest BCUT2D eigenvalue weighted by molar-refractivity contribution is 5.86. The van der Waals surface area contributed by atoms with Gasteiger partial charge in [-0.25, -0.2) is 4.79 Å². The van der Waals surface area contributed by atoms with Crippen molar-refractivity contribution in [2.45, 2.75) is 83.5 Å². The van der Waals surface area contributed by atoms with E-state index in [2.05, 4.69) is 18.8 Å². The van der Waals surface area contributed by atoms with E-state index in [0.29, 0.717) is 6.42 Å². The molecular weight excluding hydrogens is 280 g/mol. The van der Waals surface area contributed by atoms with Crippen LogP contribution in [-0.2, 0) is 9.53 Å². The van der Waals surface area contributed by atoms with Crippen LogP contribution in [0.15, 0.2) is 12.2 Å². The van der Waals surface area contributed by atoms with Gasteiger partial charge in [0.05, 0.1) is 0 Å². The molecule has 0 aromatic heterocycles. The van der Waals surface area contributed by atoms with Crippen molar-refractivity contribution in [2.75, 3.05) is 0 Å². The summed E-state index contributed by atoms with van der Waals surface area (Å²) < 4.78 is 5.28. The number of ether oxygens (including phenoxy) is 1. The lowest BCUT2D eigenvalue weighted by molar-refractivity contribution is -0.136. The molecule has 0 radical (unpaired) electrons. The Hall–Kier alpha value is -1.52. The van der Waals surface area contributed by atoms with E-state index in [1.54, 1.807) is 0 Å². The maximum atomic E-state index is 12.8. The van der Waals surface area contributed by atoms with Crippen LogP contribution in [0.25, 0.3) is 0 Å². The molecule has 2 amide bonds. The number of rotatable bonds is 1. The largest absolute Gasteiger partial charge is 0.444 e. The molecule has 5 heteroatoms. The van der Waals surface area contributed by atoms with Gasteiger partial charge in [0.2, 0.25) is 5.91 Å². The molecule has 3 atom stereocenters. The number of amides is 2. The first-order chi connectivity index (χ1) is 10.2. The Balaban J connectivity index is 2.10. The molecule has 0 spiro atoms. The zero-order valence-corrected chi connectivity index (χ0v) is 14.1. The highest BCUT2D eigenvalue weighted by Gasteiger charge is 2.39. The second kappa shape index (κ2) is 6.31. The van der Waals surface area contributed by atoms with Crippen molar-refractivity contribution in [1.29, 1.82) is 0 Å². The molecule has 0 aromatic rings. The summed E-state index contributed by atoms with van der Waals surface area (Å²) in [6.45, 7) is 11.6. The van der Waals surface area contributed by atoms with Crippen molar-refractivity contribution >= 4 is 12.0 Å². The van der Waals surface area contributed by atoms with E-state index in [4.69, 9.17) is 4.74 Å². The van der Waals surface area contributed by atoms with Crippen LogP contribution in [0.2, 0.25) is 0 Å². The van der Waals surface area contributed by atoms with Gasteiger partial charge >= 0.3 is 6.09 Å².